The Morgan fingerprint density at radius 1 is 0.568 bits per heavy atom. The van der Waals surface area contributed by atoms with Crippen LogP contribution in [0.1, 0.15) is 85.5 Å². The number of rotatable bonds is 12. The first-order chi connectivity index (χ1) is 35.2. The first-order valence-electron chi connectivity index (χ1n) is 27.0. The van der Waals surface area contributed by atoms with Crippen LogP contribution in [0.2, 0.25) is 0 Å². The van der Waals surface area contributed by atoms with Gasteiger partial charge in [0.15, 0.2) is 30.9 Å². The van der Waals surface area contributed by atoms with E-state index in [9.17, 15) is 66.4 Å². The Bertz CT molecular complexity index is 1940. The number of allylic oxidation sites excluding steroid dienone is 1. The van der Waals surface area contributed by atoms with Crippen LogP contribution in [-0.2, 0) is 47.4 Å². The molecule has 0 bridgehead atoms. The van der Waals surface area contributed by atoms with Crippen molar-refractivity contribution in [1.82, 2.24) is 0 Å². The van der Waals surface area contributed by atoms with Crippen molar-refractivity contribution in [2.45, 2.75) is 226 Å². The van der Waals surface area contributed by atoms with Gasteiger partial charge in [-0.25, -0.2) is 0 Å². The summed E-state index contributed by atoms with van der Waals surface area (Å²) < 4.78 is 61.8. The van der Waals surface area contributed by atoms with Gasteiger partial charge in [0.1, 0.15) is 91.6 Å². The largest absolute Gasteiger partial charge is 0.396 e. The molecule has 31 atom stereocenters. The topological polar surface area (TPSA) is 355 Å². The van der Waals surface area contributed by atoms with Crippen LogP contribution >= 0.6 is 0 Å². The van der Waals surface area contributed by atoms with Gasteiger partial charge in [0.2, 0.25) is 0 Å². The van der Waals surface area contributed by atoms with Crippen LogP contribution in [0.15, 0.2) is 11.6 Å². The molecule has 0 radical (unpaired) electrons. The molecule has 6 saturated heterocycles. The number of hydrogen-bond acceptors (Lipinski definition) is 23. The second-order valence-corrected chi connectivity index (χ2v) is 23.8. The Kier molecular flexibility index (Phi) is 16.5. The monoisotopic (exact) mass is 1060 g/mol. The lowest BCUT2D eigenvalue weighted by Crippen LogP contribution is -2.67. The van der Waals surface area contributed by atoms with Crippen molar-refractivity contribution < 1.29 is 114 Å². The fourth-order valence-corrected chi connectivity index (χ4v) is 15.6. The molecule has 0 amide bonds. The highest BCUT2D eigenvalue weighted by atomic mass is 16.8. The second-order valence-electron chi connectivity index (χ2n) is 23.8. The summed E-state index contributed by atoms with van der Waals surface area (Å²) in [6, 6.07) is 0. The van der Waals surface area contributed by atoms with E-state index in [1.54, 1.807) is 0 Å². The van der Waals surface area contributed by atoms with Crippen molar-refractivity contribution in [2.24, 2.45) is 46.3 Å². The minimum atomic E-state index is -1.93. The number of aliphatic hydroxyl groups excluding tert-OH is 13. The van der Waals surface area contributed by atoms with Gasteiger partial charge in [0.05, 0.1) is 44.7 Å². The minimum Gasteiger partial charge on any atom is -0.396 e. The van der Waals surface area contributed by atoms with E-state index in [-0.39, 0.29) is 35.4 Å². The second kappa shape index (κ2) is 21.7. The average molecular weight is 1060 g/mol. The van der Waals surface area contributed by atoms with Crippen LogP contribution in [0.4, 0.5) is 0 Å². The van der Waals surface area contributed by atoms with Gasteiger partial charge in [-0.3, -0.25) is 0 Å². The maximum absolute atomic E-state index is 12.3. The summed E-state index contributed by atoms with van der Waals surface area (Å²) >= 11 is 0. The SMILES string of the molecule is C[C@@H]1O[C@@H](O[C@H]2[C@H](O[C@H]3CC[C@@]4(C)C(=CC[C@H]5[C@@H]6C[C@@H]7O[C@]8(CC[C@@H](CO)CO8)[C@@H](C)[C@@H]7[C@@]6(C)CC[C@@H]54)C3)O[C@H](CO)[C@@H](O[C@@H]3O[C@H](CO)[C@@H](O)[C@H](O)[C@H]3O)[C@@H]2O)[C@H](O)[C@H](O[C@@H]2O[C@H](CO)[C@@H](O)[C@H](O)[C@H]2O)[C@H]1O. The van der Waals surface area contributed by atoms with E-state index in [4.69, 9.17) is 47.4 Å². The van der Waals surface area contributed by atoms with Crippen LogP contribution < -0.4 is 0 Å². The van der Waals surface area contributed by atoms with Crippen molar-refractivity contribution in [3.05, 3.63) is 11.6 Å². The molecular weight excluding hydrogens is 981 g/mol. The maximum atomic E-state index is 12.3. The van der Waals surface area contributed by atoms with Gasteiger partial charge >= 0.3 is 0 Å². The molecule has 0 aromatic carbocycles. The molecule has 4 aliphatic carbocycles. The number of fused-ring (bicyclic) bond motifs is 7. The number of ether oxygens (including phenoxy) is 10. The zero-order valence-corrected chi connectivity index (χ0v) is 42.5. The Labute approximate surface area is 430 Å². The molecule has 9 fully saturated rings. The van der Waals surface area contributed by atoms with Crippen molar-refractivity contribution in [3.8, 4) is 0 Å². The van der Waals surface area contributed by atoms with Crippen LogP contribution in [0.25, 0.3) is 0 Å². The molecule has 23 heteroatoms. The highest BCUT2D eigenvalue weighted by Gasteiger charge is 2.69. The molecule has 1 spiro atoms. The van der Waals surface area contributed by atoms with Gasteiger partial charge in [-0.15, -0.1) is 0 Å². The summed E-state index contributed by atoms with van der Waals surface area (Å²) in [5.74, 6) is 1.52. The lowest BCUT2D eigenvalue weighted by atomic mass is 9.47. The fourth-order valence-electron chi connectivity index (χ4n) is 15.6. The zero-order chi connectivity index (χ0) is 52.9. The predicted molar refractivity (Wildman–Crippen MR) is 248 cm³/mol. The molecule has 6 aliphatic heterocycles. The van der Waals surface area contributed by atoms with Crippen molar-refractivity contribution >= 4 is 0 Å². The normalized spacial score (nSPS) is 56.5. The summed E-state index contributed by atoms with van der Waals surface area (Å²) in [7, 11) is 0. The molecule has 10 rings (SSSR count). The summed E-state index contributed by atoms with van der Waals surface area (Å²) in [6.45, 7) is 6.90. The molecule has 74 heavy (non-hydrogen) atoms. The standard InChI is InChI=1S/C51H82O23/c1-20-32-28(74-51(20)12-7-22(15-52)19-65-51)14-27-25-6-5-23-13-24(8-10-49(23,3)26(25)9-11-50(27,32)4)67-48-44(40(63)42(31(18-55)70-48)71-45-38(61)36(59)34(57)29(16-53)68-45)73-47-41(64)43(33(56)21(2)66-47)72-46-39(62)37(60)35(58)30(17-54)69-46/h5,20-22,24-48,52-64H,6-19H2,1-4H3/t20-,21-,22-,24-,25+,26-,27-,28-,29+,30+,31+,32-,33-,34+,35+,36-,37-,38+,39+,40-,41+,42+,43+,44+,45-,46-,47-,48+,49-,50-,51+/m0/s1. The molecule has 424 valence electrons. The molecule has 13 N–H and O–H groups in total. The van der Waals surface area contributed by atoms with E-state index in [1.807, 2.05) is 0 Å². The third-order valence-electron chi connectivity index (χ3n) is 19.9. The Morgan fingerprint density at radius 2 is 1.18 bits per heavy atom. The smallest absolute Gasteiger partial charge is 0.187 e. The molecule has 23 nitrogen and oxygen atoms in total. The zero-order valence-electron chi connectivity index (χ0n) is 42.5. The van der Waals surface area contributed by atoms with E-state index in [0.29, 0.717) is 43.1 Å². The minimum absolute atomic E-state index is 0.0906. The van der Waals surface area contributed by atoms with Crippen LogP contribution in [0.5, 0.6) is 0 Å². The van der Waals surface area contributed by atoms with E-state index in [2.05, 4.69) is 26.8 Å². The lowest BCUT2D eigenvalue weighted by Gasteiger charge is -2.59. The third-order valence-corrected chi connectivity index (χ3v) is 19.9. The Morgan fingerprint density at radius 3 is 1.78 bits per heavy atom. The molecule has 6 heterocycles. The molecule has 0 aromatic heterocycles. The first-order valence-corrected chi connectivity index (χ1v) is 27.0. The Balaban J connectivity index is 0.871. The lowest BCUT2D eigenvalue weighted by molar-refractivity contribution is -0.397. The predicted octanol–water partition coefficient (Wildman–Crippen LogP) is -2.99. The first kappa shape index (κ1) is 56.1. The van der Waals surface area contributed by atoms with Crippen molar-refractivity contribution in [1.29, 1.82) is 0 Å². The maximum Gasteiger partial charge on any atom is 0.187 e. The summed E-state index contributed by atoms with van der Waals surface area (Å²) in [5.41, 5.74) is 1.22. The van der Waals surface area contributed by atoms with Crippen LogP contribution in [0.3, 0.4) is 0 Å². The summed E-state index contributed by atoms with van der Waals surface area (Å²) in [4.78, 5) is 0. The van der Waals surface area contributed by atoms with Crippen molar-refractivity contribution in [3.63, 3.8) is 0 Å². The molecule has 0 aromatic rings. The summed E-state index contributed by atoms with van der Waals surface area (Å²) in [5, 5.41) is 139. The quantitative estimate of drug-likeness (QED) is 0.0867. The fraction of sp³-hybridized carbons (Fsp3) is 0.961. The van der Waals surface area contributed by atoms with Crippen LogP contribution in [-0.4, -0.2) is 240 Å². The summed E-state index contributed by atoms with van der Waals surface area (Å²) in [6.07, 6.45) is -23.7. The van der Waals surface area contributed by atoms with Gasteiger partial charge < -0.3 is 114 Å². The van der Waals surface area contributed by atoms with Gasteiger partial charge in [0, 0.05) is 24.9 Å². The van der Waals surface area contributed by atoms with Gasteiger partial charge in [-0.2, -0.15) is 0 Å². The highest BCUT2D eigenvalue weighted by Crippen LogP contribution is 2.71. The molecule has 0 unspecified atom stereocenters. The molecule has 10 aliphatic rings. The van der Waals surface area contributed by atoms with Crippen LogP contribution in [0, 0.1) is 46.3 Å². The highest BCUT2D eigenvalue weighted by molar-refractivity contribution is 5.26. The van der Waals surface area contributed by atoms with E-state index in [1.165, 1.54) is 12.5 Å². The average Bonchev–Trinajstić information content (AvgIpc) is 3.84. The van der Waals surface area contributed by atoms with E-state index < -0.39 is 155 Å². The number of aliphatic hydroxyl groups is 13. The number of hydrogen-bond donors (Lipinski definition) is 13. The third kappa shape index (κ3) is 9.48. The van der Waals surface area contributed by atoms with Crippen molar-refractivity contribution in [2.75, 3.05) is 33.0 Å². The van der Waals surface area contributed by atoms with Gasteiger partial charge in [-0.1, -0.05) is 32.4 Å². The van der Waals surface area contributed by atoms with E-state index >= 15 is 0 Å². The Hall–Kier alpha value is -1.18. The van der Waals surface area contributed by atoms with E-state index in [0.717, 1.165) is 44.9 Å². The van der Waals surface area contributed by atoms with Gasteiger partial charge in [-0.05, 0) is 92.8 Å². The molecular formula is C51H82O23. The molecule has 3 saturated carbocycles. The van der Waals surface area contributed by atoms with Gasteiger partial charge in [0.25, 0.3) is 0 Å².